The molecule has 0 unspecified atom stereocenters. The topological polar surface area (TPSA) is 4.93 Å². The molecule has 2 aromatic carbocycles. The van der Waals surface area contributed by atoms with Crippen LogP contribution in [0.4, 0.5) is 0 Å². The fourth-order valence-corrected chi connectivity index (χ4v) is 2.95. The molecule has 0 N–H and O–H groups in total. The summed E-state index contributed by atoms with van der Waals surface area (Å²) in [6.45, 7) is 3.33. The molecule has 0 aliphatic rings. The Balaban J connectivity index is 2.02. The van der Waals surface area contributed by atoms with Gasteiger partial charge >= 0.3 is 0 Å². The van der Waals surface area contributed by atoms with E-state index in [0.29, 0.717) is 0 Å². The Kier molecular flexibility index (Phi) is 4.75. The number of nitrogens with zero attached hydrogens (tertiary/aromatic N) is 1. The molecule has 1 heterocycles. The smallest absolute Gasteiger partial charge is 0.0485 e. The summed E-state index contributed by atoms with van der Waals surface area (Å²) >= 11 is 0. The minimum absolute atomic E-state index is 1.08. The zero-order valence-electron chi connectivity index (χ0n) is 13.2. The lowest BCUT2D eigenvalue weighted by atomic mass is 10.1. The molecule has 0 aliphatic heterocycles. The molecule has 3 aromatic rings. The van der Waals surface area contributed by atoms with Gasteiger partial charge in [0, 0.05) is 17.9 Å². The third-order valence-corrected chi connectivity index (χ3v) is 4.11. The zero-order valence-corrected chi connectivity index (χ0v) is 13.2. The van der Waals surface area contributed by atoms with Crippen LogP contribution in [-0.4, -0.2) is 4.57 Å². The Morgan fingerprint density at radius 1 is 0.636 bits per heavy atom. The van der Waals surface area contributed by atoms with Gasteiger partial charge in [0.25, 0.3) is 0 Å². The highest BCUT2D eigenvalue weighted by atomic mass is 15.0. The lowest BCUT2D eigenvalue weighted by Gasteiger charge is -2.14. The average Bonchev–Trinajstić information content (AvgIpc) is 3.01. The van der Waals surface area contributed by atoms with E-state index >= 15 is 0 Å². The van der Waals surface area contributed by atoms with Gasteiger partial charge in [-0.25, -0.2) is 0 Å². The van der Waals surface area contributed by atoms with E-state index in [0.717, 1.165) is 6.54 Å². The van der Waals surface area contributed by atoms with E-state index in [1.165, 1.54) is 41.8 Å². The van der Waals surface area contributed by atoms with Crippen LogP contribution in [0.25, 0.3) is 22.5 Å². The minimum atomic E-state index is 1.08. The van der Waals surface area contributed by atoms with Crippen molar-refractivity contribution in [2.75, 3.05) is 0 Å². The molecule has 22 heavy (non-hydrogen) atoms. The van der Waals surface area contributed by atoms with Gasteiger partial charge in [-0.1, -0.05) is 80.4 Å². The first-order valence-electron chi connectivity index (χ1n) is 8.20. The van der Waals surface area contributed by atoms with E-state index in [1.807, 2.05) is 0 Å². The van der Waals surface area contributed by atoms with Crippen LogP contribution in [0.1, 0.15) is 26.2 Å². The Bertz CT molecular complexity index is 638. The highest BCUT2D eigenvalue weighted by molar-refractivity contribution is 5.69. The van der Waals surface area contributed by atoms with Crippen LogP contribution >= 0.6 is 0 Å². The van der Waals surface area contributed by atoms with Crippen LogP contribution in [0, 0.1) is 0 Å². The second kappa shape index (κ2) is 7.13. The third kappa shape index (κ3) is 3.14. The van der Waals surface area contributed by atoms with Crippen molar-refractivity contribution in [2.45, 2.75) is 32.7 Å². The van der Waals surface area contributed by atoms with Crippen molar-refractivity contribution < 1.29 is 0 Å². The van der Waals surface area contributed by atoms with Crippen molar-refractivity contribution in [3.8, 4) is 22.5 Å². The maximum atomic E-state index is 2.47. The summed E-state index contributed by atoms with van der Waals surface area (Å²) < 4.78 is 2.47. The third-order valence-electron chi connectivity index (χ3n) is 4.11. The van der Waals surface area contributed by atoms with Gasteiger partial charge in [-0.15, -0.1) is 0 Å². The number of unbranched alkanes of at least 4 members (excludes halogenated alkanes) is 2. The predicted octanol–water partition coefficient (Wildman–Crippen LogP) is 6.01. The molecule has 0 radical (unpaired) electrons. The quantitative estimate of drug-likeness (QED) is 0.489. The van der Waals surface area contributed by atoms with E-state index in [1.54, 1.807) is 0 Å². The molecule has 3 rings (SSSR count). The Morgan fingerprint density at radius 3 is 1.59 bits per heavy atom. The van der Waals surface area contributed by atoms with Gasteiger partial charge in [-0.3, -0.25) is 0 Å². The first kappa shape index (κ1) is 14.6. The lowest BCUT2D eigenvalue weighted by Crippen LogP contribution is -2.02. The number of rotatable bonds is 6. The molecule has 1 nitrogen and oxygen atoms in total. The standard InChI is InChI=1S/C21H23N/c1-2-3-10-17-22-20(18-11-6-4-7-12-18)15-16-21(22)19-13-8-5-9-14-19/h4-9,11-16H,2-3,10,17H2,1H3. The van der Waals surface area contributed by atoms with E-state index < -0.39 is 0 Å². The largest absolute Gasteiger partial charge is 0.341 e. The van der Waals surface area contributed by atoms with Gasteiger partial charge in [0.1, 0.15) is 0 Å². The fraction of sp³-hybridized carbons (Fsp3) is 0.238. The van der Waals surface area contributed by atoms with Crippen LogP contribution in [-0.2, 0) is 6.54 Å². The van der Waals surface area contributed by atoms with E-state index in [4.69, 9.17) is 0 Å². The second-order valence-corrected chi connectivity index (χ2v) is 5.69. The number of hydrogen-bond donors (Lipinski definition) is 0. The molecule has 0 saturated carbocycles. The van der Waals surface area contributed by atoms with Gasteiger partial charge in [0.05, 0.1) is 0 Å². The van der Waals surface area contributed by atoms with E-state index in [9.17, 15) is 0 Å². The monoisotopic (exact) mass is 289 g/mol. The average molecular weight is 289 g/mol. The van der Waals surface area contributed by atoms with Crippen molar-refractivity contribution in [2.24, 2.45) is 0 Å². The molecular formula is C21H23N. The number of benzene rings is 2. The van der Waals surface area contributed by atoms with Crippen molar-refractivity contribution in [3.05, 3.63) is 72.8 Å². The number of hydrogen-bond acceptors (Lipinski definition) is 0. The number of aromatic nitrogens is 1. The molecular weight excluding hydrogens is 266 g/mol. The maximum absolute atomic E-state index is 2.47. The summed E-state index contributed by atoms with van der Waals surface area (Å²) in [4.78, 5) is 0. The van der Waals surface area contributed by atoms with Crippen LogP contribution in [0.3, 0.4) is 0 Å². The van der Waals surface area contributed by atoms with Crippen molar-refractivity contribution in [1.82, 2.24) is 4.57 Å². The van der Waals surface area contributed by atoms with Crippen molar-refractivity contribution >= 4 is 0 Å². The lowest BCUT2D eigenvalue weighted by molar-refractivity contribution is 0.612. The van der Waals surface area contributed by atoms with Gasteiger partial charge in [-0.2, -0.15) is 0 Å². The normalized spacial score (nSPS) is 10.8. The second-order valence-electron chi connectivity index (χ2n) is 5.69. The van der Waals surface area contributed by atoms with Crippen LogP contribution in [0.5, 0.6) is 0 Å². The maximum Gasteiger partial charge on any atom is 0.0485 e. The predicted molar refractivity (Wildman–Crippen MR) is 94.8 cm³/mol. The van der Waals surface area contributed by atoms with Crippen LogP contribution < -0.4 is 0 Å². The van der Waals surface area contributed by atoms with E-state index in [-0.39, 0.29) is 0 Å². The van der Waals surface area contributed by atoms with Crippen molar-refractivity contribution in [1.29, 1.82) is 0 Å². The molecule has 0 fully saturated rings. The summed E-state index contributed by atoms with van der Waals surface area (Å²) in [6, 6.07) is 25.9. The highest BCUT2D eigenvalue weighted by Crippen LogP contribution is 2.29. The van der Waals surface area contributed by atoms with Crippen molar-refractivity contribution in [3.63, 3.8) is 0 Å². The Hall–Kier alpha value is -2.28. The molecule has 0 aliphatic carbocycles. The molecule has 0 saturated heterocycles. The zero-order chi connectivity index (χ0) is 15.2. The first-order chi connectivity index (χ1) is 10.9. The van der Waals surface area contributed by atoms with E-state index in [2.05, 4.69) is 84.3 Å². The highest BCUT2D eigenvalue weighted by Gasteiger charge is 2.11. The molecule has 112 valence electrons. The molecule has 0 bridgehead atoms. The Labute approximate surface area is 133 Å². The molecule has 1 heteroatoms. The van der Waals surface area contributed by atoms with Gasteiger partial charge in [0.15, 0.2) is 0 Å². The fourth-order valence-electron chi connectivity index (χ4n) is 2.95. The molecule has 0 spiro atoms. The molecule has 0 atom stereocenters. The molecule has 0 amide bonds. The summed E-state index contributed by atoms with van der Waals surface area (Å²) in [6.07, 6.45) is 3.76. The minimum Gasteiger partial charge on any atom is -0.341 e. The summed E-state index contributed by atoms with van der Waals surface area (Å²) in [7, 11) is 0. The summed E-state index contributed by atoms with van der Waals surface area (Å²) in [5, 5.41) is 0. The van der Waals surface area contributed by atoms with Gasteiger partial charge < -0.3 is 4.57 Å². The Morgan fingerprint density at radius 2 is 1.14 bits per heavy atom. The van der Waals surface area contributed by atoms with Gasteiger partial charge in [0.2, 0.25) is 0 Å². The van der Waals surface area contributed by atoms with Crippen LogP contribution in [0.15, 0.2) is 72.8 Å². The first-order valence-corrected chi connectivity index (χ1v) is 8.20. The SMILES string of the molecule is CCCCCn1c(-c2ccccc2)ccc1-c1ccccc1. The summed E-state index contributed by atoms with van der Waals surface area (Å²) in [5.41, 5.74) is 5.22. The summed E-state index contributed by atoms with van der Waals surface area (Å²) in [5.74, 6) is 0. The van der Waals surface area contributed by atoms with Gasteiger partial charge in [-0.05, 0) is 29.7 Å². The molecule has 1 aromatic heterocycles. The van der Waals surface area contributed by atoms with Crippen LogP contribution in [0.2, 0.25) is 0 Å².